The lowest BCUT2D eigenvalue weighted by atomic mass is 10.3. The van der Waals surface area contributed by atoms with Crippen molar-refractivity contribution >= 4 is 35.0 Å². The van der Waals surface area contributed by atoms with Gasteiger partial charge in [-0.05, 0) is 13.8 Å². The second-order valence-corrected chi connectivity index (χ2v) is 6.44. The number of thioether (sulfide) groups is 1. The van der Waals surface area contributed by atoms with E-state index < -0.39 is 5.97 Å². The molecule has 0 aliphatic rings. The molecule has 0 saturated carbocycles. The molecule has 0 unspecified atom stereocenters. The first kappa shape index (κ1) is 17.0. The van der Waals surface area contributed by atoms with Crippen molar-refractivity contribution in [1.29, 1.82) is 0 Å². The molecule has 20 heavy (non-hydrogen) atoms. The molecule has 1 aromatic rings. The minimum absolute atomic E-state index is 0.00479. The second-order valence-electron chi connectivity index (χ2n) is 4.28. The number of aryl methyl sites for hydroxylation is 1. The Morgan fingerprint density at radius 2 is 2.20 bits per heavy atom. The Labute approximate surface area is 127 Å². The van der Waals surface area contributed by atoms with Crippen molar-refractivity contribution in [1.82, 2.24) is 9.88 Å². The minimum atomic E-state index is -0.871. The van der Waals surface area contributed by atoms with Crippen LogP contribution in [0.1, 0.15) is 30.5 Å². The monoisotopic (exact) mass is 316 g/mol. The summed E-state index contributed by atoms with van der Waals surface area (Å²) in [6.07, 6.45) is 0.450. The van der Waals surface area contributed by atoms with Gasteiger partial charge >= 0.3 is 5.97 Å². The third-order valence-corrected chi connectivity index (χ3v) is 4.52. The highest BCUT2D eigenvalue weighted by Gasteiger charge is 2.12. The van der Waals surface area contributed by atoms with Crippen LogP contribution in [0.2, 0.25) is 0 Å². The van der Waals surface area contributed by atoms with Crippen LogP contribution < -0.4 is 0 Å². The highest BCUT2D eigenvalue weighted by molar-refractivity contribution is 7.98. The second kappa shape index (κ2) is 8.97. The van der Waals surface area contributed by atoms with E-state index in [1.807, 2.05) is 19.2 Å². The molecule has 7 heteroatoms. The van der Waals surface area contributed by atoms with Crippen molar-refractivity contribution in [2.45, 2.75) is 32.4 Å². The van der Waals surface area contributed by atoms with Crippen LogP contribution in [-0.2, 0) is 15.3 Å². The summed E-state index contributed by atoms with van der Waals surface area (Å²) in [4.78, 5) is 28.4. The fraction of sp³-hybridized carbons (Fsp3) is 0.615. The van der Waals surface area contributed by atoms with Crippen LogP contribution in [0.5, 0.6) is 0 Å². The van der Waals surface area contributed by atoms with Crippen LogP contribution in [0.25, 0.3) is 0 Å². The molecule has 0 spiro atoms. The van der Waals surface area contributed by atoms with E-state index in [0.29, 0.717) is 19.5 Å². The maximum absolute atomic E-state index is 11.9. The largest absolute Gasteiger partial charge is 0.481 e. The molecule has 1 rings (SSSR count). The molecule has 0 aliphatic carbocycles. The van der Waals surface area contributed by atoms with Gasteiger partial charge in [-0.2, -0.15) is 11.8 Å². The number of aliphatic carboxylic acids is 1. The molecular formula is C13H20N2O3S2. The van der Waals surface area contributed by atoms with Gasteiger partial charge in [0.1, 0.15) is 0 Å². The molecule has 0 radical (unpaired) electrons. The van der Waals surface area contributed by atoms with Crippen molar-refractivity contribution in [2.24, 2.45) is 0 Å². The summed E-state index contributed by atoms with van der Waals surface area (Å²) >= 11 is 3.31. The molecule has 0 aliphatic heterocycles. The fourth-order valence-electron chi connectivity index (χ4n) is 1.66. The summed E-state index contributed by atoms with van der Waals surface area (Å²) in [7, 11) is 0. The summed E-state index contributed by atoms with van der Waals surface area (Å²) in [5, 5.41) is 11.7. The predicted molar refractivity (Wildman–Crippen MR) is 82.1 cm³/mol. The summed E-state index contributed by atoms with van der Waals surface area (Å²) < 4.78 is 0. The molecule has 1 N–H and O–H groups in total. The van der Waals surface area contributed by atoms with E-state index in [2.05, 4.69) is 4.98 Å². The van der Waals surface area contributed by atoms with E-state index in [-0.39, 0.29) is 12.3 Å². The van der Waals surface area contributed by atoms with E-state index in [1.54, 1.807) is 28.0 Å². The average Bonchev–Trinajstić information content (AvgIpc) is 2.81. The number of hydrogen-bond donors (Lipinski definition) is 1. The van der Waals surface area contributed by atoms with E-state index in [9.17, 15) is 9.59 Å². The van der Waals surface area contributed by atoms with Gasteiger partial charge < -0.3 is 10.0 Å². The maximum atomic E-state index is 11.9. The number of carboxylic acid groups (broad SMARTS) is 1. The summed E-state index contributed by atoms with van der Waals surface area (Å²) in [5.41, 5.74) is 1.06. The lowest BCUT2D eigenvalue weighted by Gasteiger charge is -2.19. The number of carboxylic acids is 1. The zero-order valence-corrected chi connectivity index (χ0v) is 13.4. The highest BCUT2D eigenvalue weighted by Crippen LogP contribution is 2.16. The zero-order valence-electron chi connectivity index (χ0n) is 11.8. The molecule has 0 aromatic carbocycles. The van der Waals surface area contributed by atoms with E-state index in [0.717, 1.165) is 22.2 Å². The van der Waals surface area contributed by atoms with E-state index in [1.165, 1.54) is 0 Å². The third kappa shape index (κ3) is 6.38. The molecule has 1 aromatic heterocycles. The quantitative estimate of drug-likeness (QED) is 0.708. The van der Waals surface area contributed by atoms with E-state index >= 15 is 0 Å². The van der Waals surface area contributed by atoms with Crippen LogP contribution >= 0.6 is 23.1 Å². The van der Waals surface area contributed by atoms with Gasteiger partial charge in [-0.3, -0.25) is 9.59 Å². The van der Waals surface area contributed by atoms with Gasteiger partial charge in [-0.25, -0.2) is 4.98 Å². The number of thiazole rings is 1. The molecule has 1 heterocycles. The summed E-state index contributed by atoms with van der Waals surface area (Å²) in [6.45, 7) is 4.69. The Morgan fingerprint density at radius 3 is 2.75 bits per heavy atom. The van der Waals surface area contributed by atoms with Crippen molar-refractivity contribution in [3.05, 3.63) is 16.1 Å². The SMILES string of the molecule is CCN(CCC(=O)O)C(=O)CCSCc1csc(C)n1. The number of rotatable bonds is 9. The van der Waals surface area contributed by atoms with Gasteiger partial charge in [0.25, 0.3) is 0 Å². The Hall–Kier alpha value is -1.08. The highest BCUT2D eigenvalue weighted by atomic mass is 32.2. The maximum Gasteiger partial charge on any atom is 0.305 e. The topological polar surface area (TPSA) is 70.5 Å². The van der Waals surface area contributed by atoms with E-state index in [4.69, 9.17) is 5.11 Å². The molecule has 1 amide bonds. The first-order valence-electron chi connectivity index (χ1n) is 6.51. The minimum Gasteiger partial charge on any atom is -0.481 e. The Morgan fingerprint density at radius 1 is 1.45 bits per heavy atom. The zero-order chi connectivity index (χ0) is 15.0. The Kier molecular flexibility index (Phi) is 7.61. The van der Waals surface area contributed by atoms with Crippen LogP contribution in [0, 0.1) is 6.92 Å². The number of amides is 1. The molecular weight excluding hydrogens is 296 g/mol. The van der Waals surface area contributed by atoms with Gasteiger partial charge in [-0.15, -0.1) is 11.3 Å². The number of nitrogens with zero attached hydrogens (tertiary/aromatic N) is 2. The molecule has 0 atom stereocenters. The fourth-order valence-corrected chi connectivity index (χ4v) is 3.20. The number of aromatic nitrogens is 1. The van der Waals surface area contributed by atoms with Crippen LogP contribution in [-0.4, -0.2) is 45.7 Å². The average molecular weight is 316 g/mol. The molecule has 0 saturated heterocycles. The number of carbonyl (C=O) groups is 2. The third-order valence-electron chi connectivity index (χ3n) is 2.71. The molecule has 0 bridgehead atoms. The van der Waals surface area contributed by atoms with Crippen LogP contribution in [0.15, 0.2) is 5.38 Å². The summed E-state index contributed by atoms with van der Waals surface area (Å²) in [6, 6.07) is 0. The first-order valence-corrected chi connectivity index (χ1v) is 8.54. The van der Waals surface area contributed by atoms with Gasteiger partial charge in [-0.1, -0.05) is 0 Å². The molecule has 112 valence electrons. The predicted octanol–water partition coefficient (Wildman–Crippen LogP) is 2.40. The van der Waals surface area contributed by atoms with Crippen LogP contribution in [0.3, 0.4) is 0 Å². The summed E-state index contributed by atoms with van der Waals surface area (Å²) in [5.74, 6) is 0.706. The first-order chi connectivity index (χ1) is 9.52. The Bertz CT molecular complexity index is 449. The Balaban J connectivity index is 2.22. The number of hydrogen-bond acceptors (Lipinski definition) is 5. The van der Waals surface area contributed by atoms with Gasteiger partial charge in [0.15, 0.2) is 0 Å². The van der Waals surface area contributed by atoms with Crippen LogP contribution in [0.4, 0.5) is 0 Å². The molecule has 5 nitrogen and oxygen atoms in total. The number of carbonyl (C=O) groups excluding carboxylic acids is 1. The standard InChI is InChI=1S/C13H20N2O3S2/c1-3-15(6-4-13(17)18)12(16)5-7-19-8-11-9-20-10(2)14-11/h9H,3-8H2,1-2H3,(H,17,18). The van der Waals surface area contributed by atoms with Crippen molar-refractivity contribution in [3.8, 4) is 0 Å². The van der Waals surface area contributed by atoms with Crippen molar-refractivity contribution in [2.75, 3.05) is 18.8 Å². The van der Waals surface area contributed by atoms with Crippen molar-refractivity contribution in [3.63, 3.8) is 0 Å². The smallest absolute Gasteiger partial charge is 0.305 e. The lowest BCUT2D eigenvalue weighted by molar-refractivity contribution is -0.138. The van der Waals surface area contributed by atoms with Gasteiger partial charge in [0.2, 0.25) is 5.91 Å². The van der Waals surface area contributed by atoms with Gasteiger partial charge in [0, 0.05) is 36.4 Å². The van der Waals surface area contributed by atoms with Gasteiger partial charge in [0.05, 0.1) is 17.1 Å². The van der Waals surface area contributed by atoms with Crippen molar-refractivity contribution < 1.29 is 14.7 Å². The normalized spacial score (nSPS) is 10.5. The molecule has 0 fully saturated rings. The lowest BCUT2D eigenvalue weighted by Crippen LogP contribution is -2.33.